The summed E-state index contributed by atoms with van der Waals surface area (Å²) < 4.78 is 5.28. The van der Waals surface area contributed by atoms with Crippen LogP contribution in [0.25, 0.3) is 10.9 Å². The van der Waals surface area contributed by atoms with Crippen molar-refractivity contribution in [3.05, 3.63) is 29.5 Å². The minimum Gasteiger partial charge on any atom is -0.497 e. The predicted octanol–water partition coefficient (Wildman–Crippen LogP) is 0.982. The standard InChI is InChI=1S/C13H16N4OS/c1-18-8-2-3-11-10(6-8)9-4-7(5-12(9)16-11)15-13(19)17-14/h2-3,6-7,16H,4-5,14H2,1H3,(H2,15,17,19). The molecule has 5 nitrogen and oxygen atoms in total. The highest BCUT2D eigenvalue weighted by Gasteiger charge is 2.25. The van der Waals surface area contributed by atoms with E-state index in [0.717, 1.165) is 24.1 Å². The van der Waals surface area contributed by atoms with E-state index in [9.17, 15) is 0 Å². The number of H-pyrrole nitrogens is 1. The van der Waals surface area contributed by atoms with E-state index >= 15 is 0 Å². The molecule has 3 rings (SSSR count). The number of aromatic nitrogens is 1. The van der Waals surface area contributed by atoms with E-state index in [1.54, 1.807) is 7.11 Å². The van der Waals surface area contributed by atoms with Crippen LogP contribution in [-0.4, -0.2) is 23.2 Å². The zero-order chi connectivity index (χ0) is 13.4. The van der Waals surface area contributed by atoms with Crippen molar-refractivity contribution in [2.75, 3.05) is 7.11 Å². The molecular weight excluding hydrogens is 260 g/mol. The third-order valence-corrected chi connectivity index (χ3v) is 3.80. The van der Waals surface area contributed by atoms with Crippen molar-refractivity contribution in [2.24, 2.45) is 5.84 Å². The minimum absolute atomic E-state index is 0.292. The van der Waals surface area contributed by atoms with Crippen LogP contribution in [0.15, 0.2) is 18.2 Å². The Bertz CT molecular complexity index is 637. The molecule has 2 aromatic rings. The van der Waals surface area contributed by atoms with Crippen LogP contribution in [0.2, 0.25) is 0 Å². The highest BCUT2D eigenvalue weighted by Crippen LogP contribution is 2.32. The van der Waals surface area contributed by atoms with E-state index in [4.69, 9.17) is 22.8 Å². The molecule has 1 atom stereocenters. The van der Waals surface area contributed by atoms with Gasteiger partial charge in [-0.3, -0.25) is 0 Å². The Morgan fingerprint density at radius 3 is 3.05 bits per heavy atom. The molecule has 5 N–H and O–H groups in total. The van der Waals surface area contributed by atoms with Crippen LogP contribution < -0.4 is 21.3 Å². The third kappa shape index (κ3) is 2.13. The van der Waals surface area contributed by atoms with Gasteiger partial charge in [-0.2, -0.15) is 0 Å². The molecule has 6 heteroatoms. The van der Waals surface area contributed by atoms with Gasteiger partial charge in [0, 0.05) is 29.1 Å². The summed E-state index contributed by atoms with van der Waals surface area (Å²) in [4.78, 5) is 3.46. The molecule has 100 valence electrons. The fourth-order valence-electron chi connectivity index (χ4n) is 2.71. The number of benzene rings is 1. The van der Waals surface area contributed by atoms with Gasteiger partial charge in [-0.15, -0.1) is 0 Å². The summed E-state index contributed by atoms with van der Waals surface area (Å²) in [5.41, 5.74) is 6.22. The van der Waals surface area contributed by atoms with Gasteiger partial charge in [-0.1, -0.05) is 0 Å². The van der Waals surface area contributed by atoms with E-state index in [1.165, 1.54) is 16.6 Å². The second kappa shape index (κ2) is 4.71. The molecule has 19 heavy (non-hydrogen) atoms. The Labute approximate surface area is 116 Å². The van der Waals surface area contributed by atoms with Crippen LogP contribution >= 0.6 is 12.2 Å². The highest BCUT2D eigenvalue weighted by atomic mass is 32.1. The lowest BCUT2D eigenvalue weighted by atomic mass is 10.1. The molecule has 0 radical (unpaired) electrons. The maximum Gasteiger partial charge on any atom is 0.180 e. The fourth-order valence-corrected chi connectivity index (χ4v) is 2.88. The average Bonchev–Trinajstić information content (AvgIpc) is 2.95. The number of rotatable bonds is 2. The Kier molecular flexibility index (Phi) is 3.04. The summed E-state index contributed by atoms with van der Waals surface area (Å²) in [7, 11) is 1.68. The Hall–Kier alpha value is -1.79. The van der Waals surface area contributed by atoms with Crippen molar-refractivity contribution in [1.29, 1.82) is 0 Å². The largest absolute Gasteiger partial charge is 0.497 e. The number of aromatic amines is 1. The summed E-state index contributed by atoms with van der Waals surface area (Å²) in [6, 6.07) is 6.39. The molecule has 1 aromatic carbocycles. The maximum atomic E-state index is 5.28. The molecule has 1 heterocycles. The van der Waals surface area contributed by atoms with Crippen LogP contribution in [-0.2, 0) is 12.8 Å². The van der Waals surface area contributed by atoms with Gasteiger partial charge in [0.2, 0.25) is 0 Å². The van der Waals surface area contributed by atoms with Crippen molar-refractivity contribution in [2.45, 2.75) is 18.9 Å². The number of nitrogens with one attached hydrogen (secondary N) is 3. The first kappa shape index (κ1) is 12.3. The minimum atomic E-state index is 0.292. The summed E-state index contributed by atoms with van der Waals surface area (Å²) >= 11 is 5.03. The lowest BCUT2D eigenvalue weighted by molar-refractivity contribution is 0.415. The molecular formula is C13H16N4OS. The first-order chi connectivity index (χ1) is 9.21. The van der Waals surface area contributed by atoms with Gasteiger partial charge >= 0.3 is 0 Å². The number of ether oxygens (including phenoxy) is 1. The Morgan fingerprint density at radius 2 is 2.32 bits per heavy atom. The first-order valence-corrected chi connectivity index (χ1v) is 6.56. The lowest BCUT2D eigenvalue weighted by Gasteiger charge is -2.13. The summed E-state index contributed by atoms with van der Waals surface area (Å²) in [5, 5.41) is 4.91. The normalized spacial score (nSPS) is 17.3. The molecule has 0 aliphatic heterocycles. The summed E-state index contributed by atoms with van der Waals surface area (Å²) in [5.74, 6) is 6.16. The van der Waals surface area contributed by atoms with Crippen molar-refractivity contribution >= 4 is 28.2 Å². The van der Waals surface area contributed by atoms with Gasteiger partial charge in [0.05, 0.1) is 7.11 Å². The predicted molar refractivity (Wildman–Crippen MR) is 79.1 cm³/mol. The smallest absolute Gasteiger partial charge is 0.180 e. The number of hydrogen-bond acceptors (Lipinski definition) is 3. The van der Waals surface area contributed by atoms with Crippen molar-refractivity contribution in [3.8, 4) is 5.75 Å². The lowest BCUT2D eigenvalue weighted by Crippen LogP contribution is -2.45. The molecule has 1 aliphatic carbocycles. The van der Waals surface area contributed by atoms with E-state index < -0.39 is 0 Å². The fraction of sp³-hybridized carbons (Fsp3) is 0.308. The number of methoxy groups -OCH3 is 1. The second-order valence-corrected chi connectivity index (χ2v) is 5.12. The van der Waals surface area contributed by atoms with Gasteiger partial charge in [0.15, 0.2) is 5.11 Å². The number of hydrogen-bond donors (Lipinski definition) is 4. The van der Waals surface area contributed by atoms with E-state index in [0.29, 0.717) is 11.2 Å². The van der Waals surface area contributed by atoms with Gasteiger partial charge < -0.3 is 20.5 Å². The maximum absolute atomic E-state index is 5.28. The van der Waals surface area contributed by atoms with Crippen molar-refractivity contribution in [3.63, 3.8) is 0 Å². The number of fused-ring (bicyclic) bond motifs is 3. The molecule has 0 spiro atoms. The van der Waals surface area contributed by atoms with E-state index in [-0.39, 0.29) is 0 Å². The quantitative estimate of drug-likeness (QED) is 0.374. The first-order valence-electron chi connectivity index (χ1n) is 6.16. The molecule has 0 bridgehead atoms. The van der Waals surface area contributed by atoms with Gasteiger partial charge in [0.25, 0.3) is 0 Å². The summed E-state index contributed by atoms with van der Waals surface area (Å²) in [6.45, 7) is 0. The van der Waals surface area contributed by atoms with E-state index in [2.05, 4.69) is 27.9 Å². The monoisotopic (exact) mass is 276 g/mol. The average molecular weight is 276 g/mol. The second-order valence-electron chi connectivity index (χ2n) is 4.72. The number of thiocarbonyl (C=S) groups is 1. The topological polar surface area (TPSA) is 75.1 Å². The zero-order valence-corrected chi connectivity index (χ0v) is 11.4. The molecule has 0 fully saturated rings. The molecule has 0 saturated heterocycles. The zero-order valence-electron chi connectivity index (χ0n) is 10.6. The van der Waals surface area contributed by atoms with Crippen LogP contribution in [0.4, 0.5) is 0 Å². The molecule has 1 unspecified atom stereocenters. The van der Waals surface area contributed by atoms with Crippen LogP contribution in [0, 0.1) is 0 Å². The number of nitrogens with two attached hydrogens (primary N) is 1. The summed E-state index contributed by atoms with van der Waals surface area (Å²) in [6.07, 6.45) is 1.86. The van der Waals surface area contributed by atoms with Gasteiger partial charge in [-0.05, 0) is 42.4 Å². The SMILES string of the molecule is COc1ccc2[nH]c3c(c2c1)CC(NC(=S)NN)C3. The van der Waals surface area contributed by atoms with E-state index in [1.807, 2.05) is 6.07 Å². The van der Waals surface area contributed by atoms with Crippen molar-refractivity contribution < 1.29 is 4.74 Å². The number of hydrazine groups is 1. The van der Waals surface area contributed by atoms with Crippen LogP contribution in [0.1, 0.15) is 11.3 Å². The third-order valence-electron chi connectivity index (χ3n) is 3.57. The Balaban J connectivity index is 1.89. The van der Waals surface area contributed by atoms with Gasteiger partial charge in [0.1, 0.15) is 5.75 Å². The Morgan fingerprint density at radius 1 is 1.47 bits per heavy atom. The van der Waals surface area contributed by atoms with Crippen molar-refractivity contribution in [1.82, 2.24) is 15.7 Å². The molecule has 0 saturated carbocycles. The van der Waals surface area contributed by atoms with Crippen LogP contribution in [0.3, 0.4) is 0 Å². The van der Waals surface area contributed by atoms with Gasteiger partial charge in [-0.25, -0.2) is 5.84 Å². The molecule has 1 aromatic heterocycles. The molecule has 1 aliphatic rings. The highest BCUT2D eigenvalue weighted by molar-refractivity contribution is 7.80. The molecule has 0 amide bonds. The van der Waals surface area contributed by atoms with Crippen LogP contribution in [0.5, 0.6) is 5.75 Å².